The molecule has 1 fully saturated rings. The summed E-state index contributed by atoms with van der Waals surface area (Å²) in [6.45, 7) is 1.73. The summed E-state index contributed by atoms with van der Waals surface area (Å²) in [4.78, 5) is 4.29. The molecule has 1 saturated carbocycles. The van der Waals surface area contributed by atoms with Crippen LogP contribution >= 0.6 is 0 Å². The minimum absolute atomic E-state index is 0.602. The minimum Gasteiger partial charge on any atom is -0.382 e. The lowest BCUT2D eigenvalue weighted by molar-refractivity contribution is 0.0683. The first-order chi connectivity index (χ1) is 5.81. The molecule has 2 N–H and O–H groups in total. The number of hydrogen-bond acceptors (Lipinski definition) is 3. The number of rotatable bonds is 1. The third-order valence-electron chi connectivity index (χ3n) is 2.80. The van der Waals surface area contributed by atoms with Crippen LogP contribution in [0.15, 0.2) is 4.99 Å². The standard InChI is InChI=1S/C9H16N2O/c12-9(4-2-1-3-5-9)8-10-6-7-11-8/h12H,1-7H2,(H,10,11). The molecule has 0 aromatic carbocycles. The SMILES string of the molecule is OC1(C2=NCCN2)CCCCC1. The Morgan fingerprint density at radius 3 is 2.58 bits per heavy atom. The van der Waals surface area contributed by atoms with E-state index in [1.165, 1.54) is 6.42 Å². The fourth-order valence-electron chi connectivity index (χ4n) is 2.08. The zero-order valence-corrected chi connectivity index (χ0v) is 7.34. The van der Waals surface area contributed by atoms with Crippen molar-refractivity contribution in [2.45, 2.75) is 37.7 Å². The molecular formula is C9H16N2O. The largest absolute Gasteiger partial charge is 0.382 e. The van der Waals surface area contributed by atoms with Crippen molar-refractivity contribution in [3.05, 3.63) is 0 Å². The maximum Gasteiger partial charge on any atom is 0.129 e. The van der Waals surface area contributed by atoms with E-state index in [1.54, 1.807) is 0 Å². The topological polar surface area (TPSA) is 44.6 Å². The second-order valence-corrected chi connectivity index (χ2v) is 3.75. The molecule has 3 heteroatoms. The van der Waals surface area contributed by atoms with Gasteiger partial charge in [-0.2, -0.15) is 0 Å². The van der Waals surface area contributed by atoms with E-state index in [9.17, 15) is 5.11 Å². The van der Waals surface area contributed by atoms with E-state index in [-0.39, 0.29) is 0 Å². The lowest BCUT2D eigenvalue weighted by Crippen LogP contribution is -2.46. The van der Waals surface area contributed by atoms with Crippen molar-refractivity contribution in [3.8, 4) is 0 Å². The Morgan fingerprint density at radius 2 is 2.00 bits per heavy atom. The van der Waals surface area contributed by atoms with Crippen molar-refractivity contribution >= 4 is 5.84 Å². The van der Waals surface area contributed by atoms with Crippen LogP contribution in [0.4, 0.5) is 0 Å². The van der Waals surface area contributed by atoms with Gasteiger partial charge in [0.15, 0.2) is 0 Å². The van der Waals surface area contributed by atoms with E-state index in [4.69, 9.17) is 0 Å². The molecule has 0 aromatic rings. The maximum atomic E-state index is 10.2. The Hall–Kier alpha value is -0.570. The zero-order chi connectivity index (χ0) is 8.44. The van der Waals surface area contributed by atoms with Crippen LogP contribution in [-0.2, 0) is 0 Å². The third kappa shape index (κ3) is 1.33. The summed E-state index contributed by atoms with van der Waals surface area (Å²) in [5.41, 5.74) is -0.602. The van der Waals surface area contributed by atoms with Crippen LogP contribution in [0, 0.1) is 0 Å². The molecule has 0 aromatic heterocycles. The fourth-order valence-corrected chi connectivity index (χ4v) is 2.08. The molecule has 12 heavy (non-hydrogen) atoms. The van der Waals surface area contributed by atoms with Gasteiger partial charge in [0.1, 0.15) is 11.4 Å². The molecule has 2 rings (SSSR count). The van der Waals surface area contributed by atoms with Gasteiger partial charge in [0, 0.05) is 6.54 Å². The number of aliphatic hydroxyl groups is 1. The van der Waals surface area contributed by atoms with Crippen LogP contribution in [0.5, 0.6) is 0 Å². The van der Waals surface area contributed by atoms with Crippen molar-refractivity contribution in [3.63, 3.8) is 0 Å². The number of amidine groups is 1. The van der Waals surface area contributed by atoms with E-state index < -0.39 is 5.60 Å². The molecule has 3 nitrogen and oxygen atoms in total. The van der Waals surface area contributed by atoms with Crippen molar-refractivity contribution < 1.29 is 5.11 Å². The highest BCUT2D eigenvalue weighted by atomic mass is 16.3. The zero-order valence-electron chi connectivity index (χ0n) is 7.34. The van der Waals surface area contributed by atoms with Crippen LogP contribution < -0.4 is 5.32 Å². The van der Waals surface area contributed by atoms with Crippen molar-refractivity contribution in [1.82, 2.24) is 5.32 Å². The summed E-state index contributed by atoms with van der Waals surface area (Å²) in [6.07, 6.45) is 5.31. The highest BCUT2D eigenvalue weighted by molar-refractivity contribution is 5.91. The summed E-state index contributed by atoms with van der Waals surface area (Å²) in [7, 11) is 0. The van der Waals surface area contributed by atoms with E-state index >= 15 is 0 Å². The van der Waals surface area contributed by atoms with E-state index in [1.807, 2.05) is 0 Å². The molecule has 0 radical (unpaired) electrons. The molecule has 0 unspecified atom stereocenters. The van der Waals surface area contributed by atoms with Gasteiger partial charge in [-0.25, -0.2) is 0 Å². The van der Waals surface area contributed by atoms with Crippen LogP contribution in [0.3, 0.4) is 0 Å². The predicted molar refractivity (Wildman–Crippen MR) is 48.3 cm³/mol. The van der Waals surface area contributed by atoms with Gasteiger partial charge in [-0.05, 0) is 12.8 Å². The summed E-state index contributed by atoms with van der Waals surface area (Å²) in [6, 6.07) is 0. The molecule has 1 aliphatic carbocycles. The van der Waals surface area contributed by atoms with Crippen LogP contribution in [0.25, 0.3) is 0 Å². The molecule has 0 saturated heterocycles. The number of nitrogens with zero attached hydrogens (tertiary/aromatic N) is 1. The first-order valence-corrected chi connectivity index (χ1v) is 4.82. The van der Waals surface area contributed by atoms with Gasteiger partial charge >= 0.3 is 0 Å². The molecule has 1 aliphatic heterocycles. The summed E-state index contributed by atoms with van der Waals surface area (Å²) in [5.74, 6) is 0.849. The van der Waals surface area contributed by atoms with Gasteiger partial charge in [-0.1, -0.05) is 19.3 Å². The minimum atomic E-state index is -0.602. The van der Waals surface area contributed by atoms with Gasteiger partial charge in [0.25, 0.3) is 0 Å². The van der Waals surface area contributed by atoms with Gasteiger partial charge in [-0.3, -0.25) is 4.99 Å². The second kappa shape index (κ2) is 3.05. The number of nitrogens with one attached hydrogen (secondary N) is 1. The predicted octanol–water partition coefficient (Wildman–Crippen LogP) is 0.683. The van der Waals surface area contributed by atoms with E-state index in [0.29, 0.717) is 0 Å². The molecule has 1 heterocycles. The molecule has 0 atom stereocenters. The average molecular weight is 168 g/mol. The lowest BCUT2D eigenvalue weighted by Gasteiger charge is -2.31. The normalized spacial score (nSPS) is 27.9. The molecule has 0 spiro atoms. The smallest absolute Gasteiger partial charge is 0.129 e. The van der Waals surface area contributed by atoms with Crippen LogP contribution in [-0.4, -0.2) is 29.6 Å². The monoisotopic (exact) mass is 168 g/mol. The van der Waals surface area contributed by atoms with Crippen LogP contribution in [0.1, 0.15) is 32.1 Å². The van der Waals surface area contributed by atoms with E-state index in [2.05, 4.69) is 10.3 Å². The Morgan fingerprint density at radius 1 is 1.25 bits per heavy atom. The quantitative estimate of drug-likeness (QED) is 0.605. The Balaban J connectivity index is 2.07. The van der Waals surface area contributed by atoms with Crippen molar-refractivity contribution in [2.75, 3.05) is 13.1 Å². The number of aliphatic imine (C=N–C) groups is 1. The molecule has 2 aliphatic rings. The summed E-state index contributed by atoms with van der Waals surface area (Å²) < 4.78 is 0. The lowest BCUT2D eigenvalue weighted by atomic mass is 9.84. The second-order valence-electron chi connectivity index (χ2n) is 3.75. The molecule has 0 amide bonds. The number of hydrogen-bond donors (Lipinski definition) is 2. The molecule has 0 bridgehead atoms. The molecule has 68 valence electrons. The third-order valence-corrected chi connectivity index (χ3v) is 2.80. The first-order valence-electron chi connectivity index (χ1n) is 4.82. The summed E-state index contributed by atoms with van der Waals surface area (Å²) in [5, 5.41) is 13.3. The Labute approximate surface area is 72.9 Å². The fraction of sp³-hybridized carbons (Fsp3) is 0.889. The summed E-state index contributed by atoms with van der Waals surface area (Å²) >= 11 is 0. The van der Waals surface area contributed by atoms with E-state index in [0.717, 1.165) is 44.6 Å². The van der Waals surface area contributed by atoms with Gasteiger partial charge < -0.3 is 10.4 Å². The first kappa shape index (κ1) is 8.05. The van der Waals surface area contributed by atoms with Gasteiger partial charge in [-0.15, -0.1) is 0 Å². The van der Waals surface area contributed by atoms with Gasteiger partial charge in [0.05, 0.1) is 6.54 Å². The van der Waals surface area contributed by atoms with Crippen LogP contribution in [0.2, 0.25) is 0 Å². The molecular weight excluding hydrogens is 152 g/mol. The van der Waals surface area contributed by atoms with Crippen molar-refractivity contribution in [2.24, 2.45) is 4.99 Å². The Kier molecular flexibility index (Phi) is 2.05. The van der Waals surface area contributed by atoms with Gasteiger partial charge in [0.2, 0.25) is 0 Å². The highest BCUT2D eigenvalue weighted by Gasteiger charge is 2.35. The van der Waals surface area contributed by atoms with Crippen molar-refractivity contribution in [1.29, 1.82) is 0 Å². The Bertz CT molecular complexity index is 195. The average Bonchev–Trinajstić information content (AvgIpc) is 2.58. The maximum absolute atomic E-state index is 10.2. The highest BCUT2D eigenvalue weighted by Crippen LogP contribution is 2.29.